The number of benzene rings is 2. The Balaban J connectivity index is 1.65. The van der Waals surface area contributed by atoms with Gasteiger partial charge < -0.3 is 14.4 Å². The number of methoxy groups -OCH3 is 1. The van der Waals surface area contributed by atoms with Crippen molar-refractivity contribution in [3.05, 3.63) is 70.9 Å². The monoisotopic (exact) mass is 434 g/mol. The van der Waals surface area contributed by atoms with Gasteiger partial charge in [0.1, 0.15) is 11.4 Å². The Hall–Kier alpha value is -3.12. The van der Waals surface area contributed by atoms with Gasteiger partial charge in [0, 0.05) is 26.2 Å². The lowest BCUT2D eigenvalue weighted by Crippen LogP contribution is -2.38. The molecule has 0 atom stereocenters. The Morgan fingerprint density at radius 3 is 2.38 bits per heavy atom. The molecule has 0 saturated carbocycles. The molecule has 2 aromatic carbocycles. The van der Waals surface area contributed by atoms with E-state index in [1.54, 1.807) is 7.11 Å². The highest BCUT2D eigenvalue weighted by Crippen LogP contribution is 2.35. The Morgan fingerprint density at radius 2 is 1.69 bits per heavy atom. The molecule has 0 aromatic heterocycles. The van der Waals surface area contributed by atoms with E-state index in [1.165, 1.54) is 16.0 Å². The van der Waals surface area contributed by atoms with Crippen LogP contribution in [0.1, 0.15) is 37.0 Å². The van der Waals surface area contributed by atoms with Gasteiger partial charge in [-0.2, -0.15) is 0 Å². The van der Waals surface area contributed by atoms with Gasteiger partial charge >= 0.3 is 0 Å². The molecule has 2 aliphatic rings. The van der Waals surface area contributed by atoms with Crippen molar-refractivity contribution in [1.29, 1.82) is 0 Å². The topological polar surface area (TPSA) is 59.1 Å². The van der Waals surface area contributed by atoms with E-state index < -0.39 is 0 Å². The van der Waals surface area contributed by atoms with Crippen LogP contribution in [0.15, 0.2) is 54.2 Å². The molecule has 0 fully saturated rings. The molecule has 2 heterocycles. The minimum absolute atomic E-state index is 0.122. The summed E-state index contributed by atoms with van der Waals surface area (Å²) in [6.45, 7) is 6.13. The average molecular weight is 435 g/mol. The first-order chi connectivity index (χ1) is 15.5. The highest BCUT2D eigenvalue weighted by molar-refractivity contribution is 6.35. The summed E-state index contributed by atoms with van der Waals surface area (Å²) in [5, 5.41) is 0. The quantitative estimate of drug-likeness (QED) is 0.469. The molecule has 0 N–H and O–H groups in total. The molecule has 2 aliphatic heterocycles. The first-order valence-electron chi connectivity index (χ1n) is 11.2. The van der Waals surface area contributed by atoms with Gasteiger partial charge in [-0.15, -0.1) is 0 Å². The van der Waals surface area contributed by atoms with Crippen molar-refractivity contribution < 1.29 is 19.1 Å². The Labute approximate surface area is 189 Å². The van der Waals surface area contributed by atoms with Crippen LogP contribution in [-0.4, -0.2) is 54.5 Å². The zero-order valence-corrected chi connectivity index (χ0v) is 19.0. The molecule has 2 amide bonds. The van der Waals surface area contributed by atoms with Crippen LogP contribution < -0.4 is 4.74 Å². The highest BCUT2D eigenvalue weighted by atomic mass is 16.5. The minimum Gasteiger partial charge on any atom is -0.497 e. The van der Waals surface area contributed by atoms with Crippen LogP contribution in [-0.2, 0) is 27.3 Å². The molecule has 4 rings (SSSR count). The number of fused-ring (bicyclic) bond motifs is 1. The number of ether oxygens (including phenoxy) is 2. The maximum absolute atomic E-state index is 13.5. The average Bonchev–Trinajstić information content (AvgIpc) is 3.06. The summed E-state index contributed by atoms with van der Waals surface area (Å²) < 4.78 is 10.9. The van der Waals surface area contributed by atoms with Crippen molar-refractivity contribution in [3.8, 4) is 5.75 Å². The summed E-state index contributed by atoms with van der Waals surface area (Å²) in [4.78, 5) is 30.4. The van der Waals surface area contributed by atoms with E-state index in [0.717, 1.165) is 12.0 Å². The molecule has 6 heteroatoms. The van der Waals surface area contributed by atoms with Gasteiger partial charge in [-0.05, 0) is 55.5 Å². The van der Waals surface area contributed by atoms with Gasteiger partial charge in [0.25, 0.3) is 11.8 Å². The Morgan fingerprint density at radius 1 is 0.969 bits per heavy atom. The fraction of sp³-hybridized carbons (Fsp3) is 0.385. The van der Waals surface area contributed by atoms with Crippen LogP contribution in [0.5, 0.6) is 5.75 Å². The van der Waals surface area contributed by atoms with Crippen molar-refractivity contribution in [2.75, 3.05) is 26.8 Å². The van der Waals surface area contributed by atoms with Crippen LogP contribution in [0.25, 0.3) is 5.57 Å². The Bertz CT molecular complexity index is 1030. The second-order valence-corrected chi connectivity index (χ2v) is 8.43. The van der Waals surface area contributed by atoms with Gasteiger partial charge in [0.2, 0.25) is 0 Å². The first kappa shape index (κ1) is 22.1. The molecule has 2 aromatic rings. The van der Waals surface area contributed by atoms with E-state index in [2.05, 4.69) is 17.0 Å². The molecule has 0 bridgehead atoms. The van der Waals surface area contributed by atoms with Crippen molar-refractivity contribution in [1.82, 2.24) is 9.80 Å². The lowest BCUT2D eigenvalue weighted by Gasteiger charge is -2.31. The summed E-state index contributed by atoms with van der Waals surface area (Å²) in [6, 6.07) is 15.6. The largest absolute Gasteiger partial charge is 0.497 e. The molecular formula is C26H30N2O4. The zero-order valence-electron chi connectivity index (χ0n) is 19.0. The van der Waals surface area contributed by atoms with E-state index in [-0.39, 0.29) is 17.9 Å². The van der Waals surface area contributed by atoms with E-state index in [0.29, 0.717) is 49.7 Å². The molecule has 0 radical (unpaired) electrons. The third-order valence-corrected chi connectivity index (χ3v) is 5.95. The lowest BCUT2D eigenvalue weighted by molar-refractivity contribution is -0.137. The van der Waals surface area contributed by atoms with Crippen LogP contribution in [0.2, 0.25) is 0 Å². The van der Waals surface area contributed by atoms with Crippen LogP contribution in [0.3, 0.4) is 0 Å². The number of carbonyl (C=O) groups excluding carboxylic acids is 2. The molecule has 6 nitrogen and oxygen atoms in total. The number of carbonyl (C=O) groups is 2. The molecule has 0 unspecified atom stereocenters. The number of amides is 2. The normalized spacial score (nSPS) is 16.2. The number of hydrogen-bond donors (Lipinski definition) is 0. The predicted octanol–water partition coefficient (Wildman–Crippen LogP) is 3.65. The van der Waals surface area contributed by atoms with Gasteiger partial charge in [0.15, 0.2) is 0 Å². The summed E-state index contributed by atoms with van der Waals surface area (Å²) in [5.74, 6) is 0.255. The zero-order chi connectivity index (χ0) is 22.7. The second-order valence-electron chi connectivity index (χ2n) is 8.43. The SMILES string of the molecule is COc1ccc(C2=C(N3CCc4ccccc4C3)C(=O)N(CCCOC(C)C)C2=O)cc1. The third kappa shape index (κ3) is 4.41. The summed E-state index contributed by atoms with van der Waals surface area (Å²) in [6.07, 6.45) is 1.58. The number of nitrogens with zero attached hydrogens (tertiary/aromatic N) is 2. The molecule has 168 valence electrons. The fourth-order valence-electron chi connectivity index (χ4n) is 4.31. The van der Waals surface area contributed by atoms with Gasteiger partial charge in [-0.1, -0.05) is 36.4 Å². The maximum atomic E-state index is 13.5. The Kier molecular flexibility index (Phi) is 6.61. The van der Waals surface area contributed by atoms with Gasteiger partial charge in [0.05, 0.1) is 18.8 Å². The van der Waals surface area contributed by atoms with Crippen LogP contribution in [0.4, 0.5) is 0 Å². The summed E-state index contributed by atoms with van der Waals surface area (Å²) >= 11 is 0. The minimum atomic E-state index is -0.237. The smallest absolute Gasteiger partial charge is 0.277 e. The molecule has 0 aliphatic carbocycles. The predicted molar refractivity (Wildman–Crippen MR) is 123 cm³/mol. The number of imide groups is 1. The summed E-state index contributed by atoms with van der Waals surface area (Å²) in [5.41, 5.74) is 4.21. The van der Waals surface area contributed by atoms with Crippen molar-refractivity contribution >= 4 is 17.4 Å². The third-order valence-electron chi connectivity index (χ3n) is 5.95. The first-order valence-corrected chi connectivity index (χ1v) is 11.2. The van der Waals surface area contributed by atoms with E-state index in [1.807, 2.05) is 50.2 Å². The molecule has 32 heavy (non-hydrogen) atoms. The van der Waals surface area contributed by atoms with E-state index in [9.17, 15) is 9.59 Å². The van der Waals surface area contributed by atoms with Crippen LogP contribution in [0, 0.1) is 0 Å². The standard InChI is InChI=1S/C26H30N2O4/c1-18(2)32-16-6-14-28-25(29)23(20-9-11-22(31-3)12-10-20)24(26(28)30)27-15-13-19-7-4-5-8-21(19)17-27/h4-5,7-12,18H,6,13-17H2,1-3H3. The van der Waals surface area contributed by atoms with Crippen LogP contribution >= 0.6 is 0 Å². The molecule has 0 spiro atoms. The van der Waals surface area contributed by atoms with E-state index in [4.69, 9.17) is 9.47 Å². The van der Waals surface area contributed by atoms with Crippen molar-refractivity contribution in [2.45, 2.75) is 39.3 Å². The van der Waals surface area contributed by atoms with Gasteiger partial charge in [-0.3, -0.25) is 14.5 Å². The highest BCUT2D eigenvalue weighted by Gasteiger charge is 2.41. The van der Waals surface area contributed by atoms with Crippen molar-refractivity contribution in [3.63, 3.8) is 0 Å². The van der Waals surface area contributed by atoms with E-state index >= 15 is 0 Å². The number of hydrogen-bond acceptors (Lipinski definition) is 5. The van der Waals surface area contributed by atoms with Gasteiger partial charge in [-0.25, -0.2) is 0 Å². The fourth-order valence-corrected chi connectivity index (χ4v) is 4.31. The molecule has 0 saturated heterocycles. The van der Waals surface area contributed by atoms with Crippen molar-refractivity contribution in [2.24, 2.45) is 0 Å². The lowest BCUT2D eigenvalue weighted by atomic mass is 9.98. The second kappa shape index (κ2) is 9.57. The maximum Gasteiger partial charge on any atom is 0.277 e. The summed E-state index contributed by atoms with van der Waals surface area (Å²) in [7, 11) is 1.61. The molecular weight excluding hydrogens is 404 g/mol. The number of rotatable bonds is 8.